The Balaban J connectivity index is 1.61. The summed E-state index contributed by atoms with van der Waals surface area (Å²) in [7, 11) is 0. The zero-order chi connectivity index (χ0) is 24.5. The molecule has 1 N–H and O–H groups in total. The number of carbonyl (C=O) groups excluding carboxylic acids is 2. The van der Waals surface area contributed by atoms with E-state index < -0.39 is 6.04 Å². The first-order valence-electron chi connectivity index (χ1n) is 12.8. The number of aryl methyl sites for hydroxylation is 2. The van der Waals surface area contributed by atoms with Gasteiger partial charge in [0.25, 0.3) is 0 Å². The van der Waals surface area contributed by atoms with Crippen LogP contribution in [-0.4, -0.2) is 28.8 Å². The molecule has 1 aliphatic rings. The van der Waals surface area contributed by atoms with Gasteiger partial charge in [-0.3, -0.25) is 9.59 Å². The van der Waals surface area contributed by atoms with Crippen molar-refractivity contribution in [3.63, 3.8) is 0 Å². The van der Waals surface area contributed by atoms with Gasteiger partial charge in [-0.15, -0.1) is 0 Å². The fraction of sp³-hybridized carbons (Fsp3) is 0.355. The van der Waals surface area contributed by atoms with Crippen LogP contribution in [-0.2, 0) is 29.0 Å². The van der Waals surface area contributed by atoms with Gasteiger partial charge in [-0.2, -0.15) is 0 Å². The lowest BCUT2D eigenvalue weighted by atomic mass is 10.00. The van der Waals surface area contributed by atoms with Gasteiger partial charge >= 0.3 is 0 Å². The summed E-state index contributed by atoms with van der Waals surface area (Å²) < 4.78 is 0. The van der Waals surface area contributed by atoms with E-state index in [2.05, 4.69) is 24.4 Å². The second kappa shape index (κ2) is 12.3. The highest BCUT2D eigenvalue weighted by Crippen LogP contribution is 2.21. The van der Waals surface area contributed by atoms with Crippen molar-refractivity contribution in [3.05, 3.63) is 107 Å². The largest absolute Gasteiger partial charge is 0.352 e. The fourth-order valence-corrected chi connectivity index (χ4v) is 4.93. The van der Waals surface area contributed by atoms with E-state index in [9.17, 15) is 9.59 Å². The molecular formula is C31H36N2O2. The molecule has 4 heteroatoms. The van der Waals surface area contributed by atoms with E-state index in [-0.39, 0.29) is 17.9 Å². The first-order valence-corrected chi connectivity index (χ1v) is 12.8. The monoisotopic (exact) mass is 468 g/mol. The molecule has 2 amide bonds. The Morgan fingerprint density at radius 2 is 1.46 bits per heavy atom. The lowest BCUT2D eigenvalue weighted by molar-refractivity contribution is -0.141. The number of nitrogens with one attached hydrogen (secondary N) is 1. The Morgan fingerprint density at radius 3 is 2.11 bits per heavy atom. The standard InChI is InChI=1S/C31H36N2O2/c1-24-12-8-9-17-27(24)23-33(30(34)21-20-25-13-4-2-5-14-25)29(22-26-15-6-3-7-16-26)31(35)32-28-18-10-11-19-28/h2-9,12-17,28-29H,10-11,18-23H2,1H3,(H,32,35)/t29-/m0/s1. The van der Waals surface area contributed by atoms with Crippen molar-refractivity contribution in [2.24, 2.45) is 0 Å². The van der Waals surface area contributed by atoms with Gasteiger partial charge in [0.15, 0.2) is 0 Å². The minimum Gasteiger partial charge on any atom is -0.352 e. The molecule has 0 aromatic heterocycles. The molecule has 4 nitrogen and oxygen atoms in total. The summed E-state index contributed by atoms with van der Waals surface area (Å²) in [4.78, 5) is 29.3. The van der Waals surface area contributed by atoms with Crippen molar-refractivity contribution in [3.8, 4) is 0 Å². The molecule has 0 unspecified atom stereocenters. The smallest absolute Gasteiger partial charge is 0.243 e. The molecule has 3 aromatic carbocycles. The molecule has 0 spiro atoms. The third-order valence-corrected chi connectivity index (χ3v) is 7.04. The molecule has 0 aliphatic heterocycles. The van der Waals surface area contributed by atoms with Gasteiger partial charge in [-0.05, 0) is 48.4 Å². The quantitative estimate of drug-likeness (QED) is 0.419. The summed E-state index contributed by atoms with van der Waals surface area (Å²) in [6, 6.07) is 27.9. The average molecular weight is 469 g/mol. The first-order chi connectivity index (χ1) is 17.1. The van der Waals surface area contributed by atoms with Crippen molar-refractivity contribution in [1.82, 2.24) is 10.2 Å². The van der Waals surface area contributed by atoms with Gasteiger partial charge in [0.05, 0.1) is 0 Å². The molecule has 0 heterocycles. The molecule has 4 rings (SSSR count). The number of rotatable bonds is 10. The number of hydrogen-bond acceptors (Lipinski definition) is 2. The zero-order valence-electron chi connectivity index (χ0n) is 20.7. The van der Waals surface area contributed by atoms with Crippen LogP contribution in [0.15, 0.2) is 84.9 Å². The predicted octanol–water partition coefficient (Wildman–Crippen LogP) is 5.63. The summed E-state index contributed by atoms with van der Waals surface area (Å²) in [5, 5.41) is 3.28. The molecular weight excluding hydrogens is 432 g/mol. The molecule has 0 bridgehead atoms. The molecule has 1 saturated carbocycles. The van der Waals surface area contributed by atoms with Crippen LogP contribution in [0, 0.1) is 6.92 Å². The maximum absolute atomic E-state index is 13.8. The minimum atomic E-state index is -0.555. The van der Waals surface area contributed by atoms with Crippen molar-refractivity contribution in [1.29, 1.82) is 0 Å². The third kappa shape index (κ3) is 7.05. The van der Waals surface area contributed by atoms with Gasteiger partial charge < -0.3 is 10.2 Å². The number of hydrogen-bond donors (Lipinski definition) is 1. The first kappa shape index (κ1) is 24.7. The second-order valence-corrected chi connectivity index (χ2v) is 9.63. The van der Waals surface area contributed by atoms with E-state index >= 15 is 0 Å². The van der Waals surface area contributed by atoms with Crippen molar-refractivity contribution < 1.29 is 9.59 Å². The van der Waals surface area contributed by atoms with Crippen molar-refractivity contribution >= 4 is 11.8 Å². The van der Waals surface area contributed by atoms with Crippen LogP contribution in [0.1, 0.15) is 54.4 Å². The Morgan fingerprint density at radius 1 is 0.857 bits per heavy atom. The number of benzene rings is 3. The Hall–Kier alpha value is -3.40. The lowest BCUT2D eigenvalue weighted by Gasteiger charge is -2.33. The molecule has 182 valence electrons. The molecule has 1 aliphatic carbocycles. The normalized spacial score (nSPS) is 14.4. The zero-order valence-corrected chi connectivity index (χ0v) is 20.7. The highest BCUT2D eigenvalue weighted by atomic mass is 16.2. The molecule has 3 aromatic rings. The van der Waals surface area contributed by atoms with E-state index in [1.165, 1.54) is 0 Å². The fourth-order valence-electron chi connectivity index (χ4n) is 4.93. The van der Waals surface area contributed by atoms with Gasteiger partial charge in [-0.1, -0.05) is 97.8 Å². The van der Waals surface area contributed by atoms with Crippen LogP contribution in [0.4, 0.5) is 0 Å². The number of nitrogens with zero attached hydrogens (tertiary/aromatic N) is 1. The van der Waals surface area contributed by atoms with E-state index in [0.29, 0.717) is 25.8 Å². The maximum Gasteiger partial charge on any atom is 0.243 e. The predicted molar refractivity (Wildman–Crippen MR) is 141 cm³/mol. The van der Waals surface area contributed by atoms with E-state index in [4.69, 9.17) is 0 Å². The summed E-state index contributed by atoms with van der Waals surface area (Å²) in [6.45, 7) is 2.49. The van der Waals surface area contributed by atoms with Gasteiger partial charge in [0, 0.05) is 25.4 Å². The Labute approximate surface area is 209 Å². The Kier molecular flexibility index (Phi) is 8.72. The maximum atomic E-state index is 13.8. The summed E-state index contributed by atoms with van der Waals surface area (Å²) >= 11 is 0. The Bertz CT molecular complexity index is 1090. The van der Waals surface area contributed by atoms with Crippen LogP contribution >= 0.6 is 0 Å². The molecule has 1 atom stereocenters. The van der Waals surface area contributed by atoms with Crippen LogP contribution in [0.25, 0.3) is 0 Å². The van der Waals surface area contributed by atoms with Crippen molar-refractivity contribution in [2.75, 3.05) is 0 Å². The highest BCUT2D eigenvalue weighted by molar-refractivity contribution is 5.88. The molecule has 0 radical (unpaired) electrons. The van der Waals surface area contributed by atoms with E-state index in [0.717, 1.165) is 47.9 Å². The third-order valence-electron chi connectivity index (χ3n) is 7.04. The highest BCUT2D eigenvalue weighted by Gasteiger charge is 2.32. The number of carbonyl (C=O) groups is 2. The van der Waals surface area contributed by atoms with Crippen LogP contribution in [0.2, 0.25) is 0 Å². The summed E-state index contributed by atoms with van der Waals surface area (Å²) in [5.74, 6) is -0.0259. The topological polar surface area (TPSA) is 49.4 Å². The van der Waals surface area contributed by atoms with Crippen molar-refractivity contribution in [2.45, 2.75) is 70.5 Å². The molecule has 1 fully saturated rings. The summed E-state index contributed by atoms with van der Waals surface area (Å²) in [6.07, 6.45) is 5.87. The minimum absolute atomic E-state index is 0.0135. The lowest BCUT2D eigenvalue weighted by Crippen LogP contribution is -2.52. The second-order valence-electron chi connectivity index (χ2n) is 9.63. The number of amides is 2. The SMILES string of the molecule is Cc1ccccc1CN(C(=O)CCc1ccccc1)[C@@H](Cc1ccccc1)C(=O)NC1CCCC1. The summed E-state index contributed by atoms with van der Waals surface area (Å²) in [5.41, 5.74) is 4.40. The van der Waals surface area contributed by atoms with Crippen LogP contribution in [0.3, 0.4) is 0 Å². The van der Waals surface area contributed by atoms with E-state index in [1.54, 1.807) is 0 Å². The van der Waals surface area contributed by atoms with Crippen LogP contribution in [0.5, 0.6) is 0 Å². The molecule has 35 heavy (non-hydrogen) atoms. The average Bonchev–Trinajstić information content (AvgIpc) is 3.40. The van der Waals surface area contributed by atoms with Gasteiger partial charge in [0.2, 0.25) is 11.8 Å². The van der Waals surface area contributed by atoms with E-state index in [1.807, 2.05) is 77.7 Å². The van der Waals surface area contributed by atoms with Crippen LogP contribution < -0.4 is 5.32 Å². The molecule has 0 saturated heterocycles. The van der Waals surface area contributed by atoms with Gasteiger partial charge in [-0.25, -0.2) is 0 Å². The van der Waals surface area contributed by atoms with Gasteiger partial charge in [0.1, 0.15) is 6.04 Å².